The highest BCUT2D eigenvalue weighted by atomic mass is 32.2. The molecule has 2 aliphatic heterocycles. The van der Waals surface area contributed by atoms with Crippen molar-refractivity contribution in [1.29, 1.82) is 0 Å². The van der Waals surface area contributed by atoms with Gasteiger partial charge in [0.2, 0.25) is 10.0 Å². The van der Waals surface area contributed by atoms with Crippen LogP contribution in [0.5, 0.6) is 0 Å². The lowest BCUT2D eigenvalue weighted by Crippen LogP contribution is -2.41. The standard InChI is InChI=1S/C15H31N3O2S/c1-13(2)18-8-5-14(6-9-18)11-17-7-4-15(12-17)10-16-21(3,19)20/h13-16H,4-12H2,1-3H3/t15-/m1/s1. The highest BCUT2D eigenvalue weighted by Crippen LogP contribution is 2.23. The van der Waals surface area contributed by atoms with Crippen molar-refractivity contribution in [2.45, 2.75) is 39.2 Å². The Kier molecular flexibility index (Phi) is 6.05. The van der Waals surface area contributed by atoms with E-state index in [9.17, 15) is 8.42 Å². The first-order chi connectivity index (χ1) is 9.83. The molecule has 0 amide bonds. The van der Waals surface area contributed by atoms with Gasteiger partial charge in [0, 0.05) is 25.7 Å². The molecule has 0 aliphatic carbocycles. The maximum Gasteiger partial charge on any atom is 0.208 e. The van der Waals surface area contributed by atoms with Crippen molar-refractivity contribution in [3.8, 4) is 0 Å². The van der Waals surface area contributed by atoms with Crippen molar-refractivity contribution < 1.29 is 8.42 Å². The van der Waals surface area contributed by atoms with Gasteiger partial charge < -0.3 is 9.80 Å². The van der Waals surface area contributed by atoms with Crippen molar-refractivity contribution in [3.05, 3.63) is 0 Å². The fourth-order valence-corrected chi connectivity index (χ4v) is 4.07. The number of hydrogen-bond donors (Lipinski definition) is 1. The summed E-state index contributed by atoms with van der Waals surface area (Å²) in [5.41, 5.74) is 0. The van der Waals surface area contributed by atoms with Gasteiger partial charge in [-0.25, -0.2) is 13.1 Å². The molecule has 0 bridgehead atoms. The Labute approximate surface area is 130 Å². The third-order valence-corrected chi connectivity index (χ3v) is 5.59. The van der Waals surface area contributed by atoms with Crippen molar-refractivity contribution >= 4 is 10.0 Å². The highest BCUT2D eigenvalue weighted by molar-refractivity contribution is 7.88. The Morgan fingerprint density at radius 1 is 1.10 bits per heavy atom. The maximum absolute atomic E-state index is 11.1. The van der Waals surface area contributed by atoms with Crippen molar-refractivity contribution in [3.63, 3.8) is 0 Å². The van der Waals surface area contributed by atoms with Gasteiger partial charge in [0.1, 0.15) is 0 Å². The first kappa shape index (κ1) is 17.2. The molecule has 21 heavy (non-hydrogen) atoms. The van der Waals surface area contributed by atoms with Crippen LogP contribution in [-0.2, 0) is 10.0 Å². The number of hydrogen-bond acceptors (Lipinski definition) is 4. The molecule has 0 aromatic carbocycles. The third kappa shape index (κ3) is 5.85. The van der Waals surface area contributed by atoms with Crippen LogP contribution in [0, 0.1) is 11.8 Å². The van der Waals surface area contributed by atoms with Gasteiger partial charge in [0.15, 0.2) is 0 Å². The summed E-state index contributed by atoms with van der Waals surface area (Å²) >= 11 is 0. The van der Waals surface area contributed by atoms with E-state index < -0.39 is 10.0 Å². The summed E-state index contributed by atoms with van der Waals surface area (Å²) in [6.45, 7) is 11.0. The molecule has 1 atom stereocenters. The molecule has 5 nitrogen and oxygen atoms in total. The number of rotatable bonds is 6. The van der Waals surface area contributed by atoms with E-state index in [-0.39, 0.29) is 0 Å². The van der Waals surface area contributed by atoms with E-state index in [1.807, 2.05) is 0 Å². The lowest BCUT2D eigenvalue weighted by molar-refractivity contribution is 0.128. The molecular weight excluding hydrogens is 286 g/mol. The number of likely N-dealkylation sites (tertiary alicyclic amines) is 2. The number of nitrogens with zero attached hydrogens (tertiary/aromatic N) is 2. The molecule has 0 aromatic heterocycles. The fraction of sp³-hybridized carbons (Fsp3) is 1.00. The topological polar surface area (TPSA) is 52.6 Å². The molecule has 2 rings (SSSR count). The van der Waals surface area contributed by atoms with Gasteiger partial charge in [0.25, 0.3) is 0 Å². The van der Waals surface area contributed by atoms with Crippen LogP contribution in [0.25, 0.3) is 0 Å². The Balaban J connectivity index is 1.67. The first-order valence-electron chi connectivity index (χ1n) is 8.24. The minimum absolute atomic E-state index is 0.482. The van der Waals surface area contributed by atoms with Crippen LogP contribution in [0.15, 0.2) is 0 Å². The summed E-state index contributed by atoms with van der Waals surface area (Å²) in [6.07, 6.45) is 4.97. The predicted molar refractivity (Wildman–Crippen MR) is 86.8 cm³/mol. The second-order valence-electron chi connectivity index (χ2n) is 7.11. The van der Waals surface area contributed by atoms with E-state index in [1.54, 1.807) is 0 Å². The molecular formula is C15H31N3O2S. The average Bonchev–Trinajstić information content (AvgIpc) is 2.84. The monoisotopic (exact) mass is 317 g/mol. The second kappa shape index (κ2) is 7.40. The van der Waals surface area contributed by atoms with Crippen LogP contribution in [0.3, 0.4) is 0 Å². The zero-order chi connectivity index (χ0) is 15.5. The van der Waals surface area contributed by atoms with Gasteiger partial charge in [0.05, 0.1) is 6.26 Å². The van der Waals surface area contributed by atoms with E-state index in [0.717, 1.165) is 25.4 Å². The quantitative estimate of drug-likeness (QED) is 0.793. The molecule has 2 aliphatic rings. The Morgan fingerprint density at radius 2 is 1.71 bits per heavy atom. The molecule has 124 valence electrons. The minimum Gasteiger partial charge on any atom is -0.303 e. The van der Waals surface area contributed by atoms with Gasteiger partial charge in [-0.3, -0.25) is 0 Å². The Bertz CT molecular complexity index is 417. The average molecular weight is 317 g/mol. The van der Waals surface area contributed by atoms with Gasteiger partial charge in [-0.05, 0) is 64.6 Å². The molecule has 6 heteroatoms. The van der Waals surface area contributed by atoms with E-state index in [1.165, 1.54) is 38.7 Å². The first-order valence-corrected chi connectivity index (χ1v) is 10.1. The summed E-state index contributed by atoms with van der Waals surface area (Å²) in [6, 6.07) is 0.671. The zero-order valence-electron chi connectivity index (χ0n) is 13.7. The molecule has 1 N–H and O–H groups in total. The summed E-state index contributed by atoms with van der Waals surface area (Å²) in [4.78, 5) is 5.10. The van der Waals surface area contributed by atoms with Crippen LogP contribution < -0.4 is 4.72 Å². The molecule has 0 spiro atoms. The van der Waals surface area contributed by atoms with E-state index >= 15 is 0 Å². The molecule has 2 saturated heterocycles. The highest BCUT2D eigenvalue weighted by Gasteiger charge is 2.27. The predicted octanol–water partition coefficient (Wildman–Crippen LogP) is 0.978. The smallest absolute Gasteiger partial charge is 0.208 e. The fourth-order valence-electron chi connectivity index (χ4n) is 3.53. The lowest BCUT2D eigenvalue weighted by Gasteiger charge is -2.36. The van der Waals surface area contributed by atoms with Crippen LogP contribution in [-0.4, -0.2) is 69.8 Å². The summed E-state index contributed by atoms with van der Waals surface area (Å²) in [5, 5.41) is 0. The molecule has 0 unspecified atom stereocenters. The molecule has 2 heterocycles. The maximum atomic E-state index is 11.1. The zero-order valence-corrected chi connectivity index (χ0v) is 14.5. The van der Waals surface area contributed by atoms with Crippen molar-refractivity contribution in [2.24, 2.45) is 11.8 Å². The molecule has 2 fully saturated rings. The van der Waals surface area contributed by atoms with Crippen LogP contribution in [0.2, 0.25) is 0 Å². The summed E-state index contributed by atoms with van der Waals surface area (Å²) < 4.78 is 24.9. The van der Waals surface area contributed by atoms with Crippen molar-refractivity contribution in [2.75, 3.05) is 45.5 Å². The third-order valence-electron chi connectivity index (χ3n) is 4.90. The van der Waals surface area contributed by atoms with Crippen LogP contribution in [0.4, 0.5) is 0 Å². The Morgan fingerprint density at radius 3 is 2.29 bits per heavy atom. The van der Waals surface area contributed by atoms with Gasteiger partial charge in [-0.1, -0.05) is 0 Å². The molecule has 0 saturated carbocycles. The molecule has 0 aromatic rings. The number of nitrogens with one attached hydrogen (secondary N) is 1. The van der Waals surface area contributed by atoms with Crippen LogP contribution in [0.1, 0.15) is 33.1 Å². The van der Waals surface area contributed by atoms with Crippen molar-refractivity contribution in [1.82, 2.24) is 14.5 Å². The van der Waals surface area contributed by atoms with E-state index in [2.05, 4.69) is 28.4 Å². The Hall–Kier alpha value is -0.170. The van der Waals surface area contributed by atoms with Gasteiger partial charge in [-0.2, -0.15) is 0 Å². The number of piperidine rings is 1. The lowest BCUT2D eigenvalue weighted by atomic mass is 9.95. The minimum atomic E-state index is -3.04. The summed E-state index contributed by atoms with van der Waals surface area (Å²) in [5.74, 6) is 1.30. The van der Waals surface area contributed by atoms with Gasteiger partial charge in [-0.15, -0.1) is 0 Å². The SMILES string of the molecule is CC(C)N1CCC(CN2CC[C@H](CNS(C)(=O)=O)C2)CC1. The molecule has 0 radical (unpaired) electrons. The van der Waals surface area contributed by atoms with E-state index in [0.29, 0.717) is 18.5 Å². The number of sulfonamides is 1. The van der Waals surface area contributed by atoms with E-state index in [4.69, 9.17) is 0 Å². The normalized spacial score (nSPS) is 26.8. The second-order valence-corrected chi connectivity index (χ2v) is 8.94. The summed E-state index contributed by atoms with van der Waals surface area (Å²) in [7, 11) is -3.04. The van der Waals surface area contributed by atoms with Crippen LogP contribution >= 0.6 is 0 Å². The van der Waals surface area contributed by atoms with Gasteiger partial charge >= 0.3 is 0 Å². The largest absolute Gasteiger partial charge is 0.303 e.